The van der Waals surface area contributed by atoms with Gasteiger partial charge in [0.1, 0.15) is 0 Å². The summed E-state index contributed by atoms with van der Waals surface area (Å²) in [4.78, 5) is 31.8. The molecule has 0 atom stereocenters. The van der Waals surface area contributed by atoms with E-state index in [1.807, 2.05) is 29.2 Å². The van der Waals surface area contributed by atoms with Crippen LogP contribution in [0.25, 0.3) is 16.9 Å². The number of aromatic nitrogens is 3. The number of hydrogen-bond donors (Lipinski definition) is 2. The fraction of sp³-hybridized carbons (Fsp3) is 0.231. The largest absolute Gasteiger partial charge is 0.493 e. The highest BCUT2D eigenvalue weighted by Crippen LogP contribution is 2.32. The summed E-state index contributed by atoms with van der Waals surface area (Å²) >= 11 is 0. The average molecular weight is 487 g/mol. The fourth-order valence-electron chi connectivity index (χ4n) is 4.16. The first-order chi connectivity index (χ1) is 17.6. The molecule has 0 bridgehead atoms. The van der Waals surface area contributed by atoms with Crippen LogP contribution >= 0.6 is 0 Å². The van der Waals surface area contributed by atoms with Gasteiger partial charge in [0.05, 0.1) is 19.9 Å². The number of carbonyl (C=O) groups excluding carboxylic acids is 2. The Morgan fingerprint density at radius 1 is 0.944 bits per heavy atom. The second-order valence-electron chi connectivity index (χ2n) is 8.27. The molecule has 2 aromatic carbocycles. The Morgan fingerprint density at radius 2 is 1.69 bits per heavy atom. The van der Waals surface area contributed by atoms with Crippen LogP contribution in [-0.2, 0) is 0 Å². The minimum absolute atomic E-state index is 0.0107. The third-order valence-electron chi connectivity index (χ3n) is 6.06. The Bertz CT molecular complexity index is 1410. The topological polar surface area (TPSA) is 110 Å². The van der Waals surface area contributed by atoms with E-state index in [-0.39, 0.29) is 17.5 Å². The van der Waals surface area contributed by atoms with E-state index >= 15 is 0 Å². The van der Waals surface area contributed by atoms with Crippen LogP contribution in [0.5, 0.6) is 11.5 Å². The third-order valence-corrected chi connectivity index (χ3v) is 6.06. The summed E-state index contributed by atoms with van der Waals surface area (Å²) in [6.07, 6.45) is 1.67. The number of carbonyl (C=O) groups is 2. The van der Waals surface area contributed by atoms with Crippen LogP contribution in [0, 0.1) is 0 Å². The van der Waals surface area contributed by atoms with Gasteiger partial charge in [-0.3, -0.25) is 9.59 Å². The number of benzene rings is 2. The number of nitrogens with one attached hydrogen (secondary N) is 2. The van der Waals surface area contributed by atoms with E-state index in [1.54, 1.807) is 55.3 Å². The molecule has 0 unspecified atom stereocenters. The van der Waals surface area contributed by atoms with E-state index in [0.717, 1.165) is 24.3 Å². The van der Waals surface area contributed by atoms with Crippen molar-refractivity contribution >= 4 is 23.1 Å². The van der Waals surface area contributed by atoms with Crippen LogP contribution in [0.1, 0.15) is 20.8 Å². The van der Waals surface area contributed by atoms with E-state index in [1.165, 1.54) is 0 Å². The molecule has 1 aliphatic rings. The van der Waals surface area contributed by atoms with Crippen molar-refractivity contribution in [2.75, 3.05) is 45.7 Å². The number of fused-ring (bicyclic) bond motifs is 1. The predicted octanol–water partition coefficient (Wildman–Crippen LogP) is 2.71. The van der Waals surface area contributed by atoms with E-state index in [0.29, 0.717) is 41.5 Å². The van der Waals surface area contributed by atoms with Crippen molar-refractivity contribution in [1.29, 1.82) is 0 Å². The van der Waals surface area contributed by atoms with Crippen molar-refractivity contribution in [2.24, 2.45) is 0 Å². The minimum Gasteiger partial charge on any atom is -0.493 e. The molecule has 4 aromatic rings. The lowest BCUT2D eigenvalue weighted by Crippen LogP contribution is -2.46. The van der Waals surface area contributed by atoms with E-state index in [9.17, 15) is 9.59 Å². The zero-order valence-electron chi connectivity index (χ0n) is 20.0. The molecule has 3 heterocycles. The molecule has 2 N–H and O–H groups in total. The molecule has 1 fully saturated rings. The smallest absolute Gasteiger partial charge is 0.276 e. The number of ether oxygens (including phenoxy) is 2. The molecule has 0 saturated carbocycles. The van der Waals surface area contributed by atoms with Gasteiger partial charge in [0, 0.05) is 55.3 Å². The molecule has 1 saturated heterocycles. The predicted molar refractivity (Wildman–Crippen MR) is 135 cm³/mol. The first kappa shape index (κ1) is 23.3. The number of methoxy groups -OCH3 is 2. The lowest BCUT2D eigenvalue weighted by atomic mass is 10.1. The Balaban J connectivity index is 1.35. The highest BCUT2D eigenvalue weighted by Gasteiger charge is 2.19. The normalized spacial score (nSPS) is 13.4. The lowest BCUT2D eigenvalue weighted by Gasteiger charge is -2.27. The quantitative estimate of drug-likeness (QED) is 0.431. The fourth-order valence-corrected chi connectivity index (χ4v) is 4.16. The number of rotatable bonds is 6. The third kappa shape index (κ3) is 4.58. The van der Waals surface area contributed by atoms with Crippen LogP contribution < -0.4 is 20.1 Å². The van der Waals surface area contributed by atoms with Gasteiger partial charge in [-0.15, -0.1) is 0 Å². The van der Waals surface area contributed by atoms with Crippen LogP contribution in [0.2, 0.25) is 0 Å². The summed E-state index contributed by atoms with van der Waals surface area (Å²) in [5, 5.41) is 10.6. The van der Waals surface area contributed by atoms with Gasteiger partial charge in [0.15, 0.2) is 22.8 Å². The van der Waals surface area contributed by atoms with Crippen LogP contribution in [0.4, 0.5) is 5.69 Å². The molecule has 2 amide bonds. The zero-order chi connectivity index (χ0) is 25.1. The second-order valence-corrected chi connectivity index (χ2v) is 8.27. The van der Waals surface area contributed by atoms with Gasteiger partial charge >= 0.3 is 0 Å². The summed E-state index contributed by atoms with van der Waals surface area (Å²) in [6.45, 7) is 2.96. The summed E-state index contributed by atoms with van der Waals surface area (Å²) < 4.78 is 12.4. The number of piperazine rings is 1. The van der Waals surface area contributed by atoms with E-state index < -0.39 is 0 Å². The summed E-state index contributed by atoms with van der Waals surface area (Å²) in [7, 11) is 3.16. The average Bonchev–Trinajstić information content (AvgIpc) is 3.38. The maximum atomic E-state index is 12.9. The van der Waals surface area contributed by atoms with Gasteiger partial charge in [-0.25, -0.2) is 9.50 Å². The standard InChI is InChI=1S/C26H26N6O4/c1-35-22-8-5-18(15-23(22)36-2)21-9-10-28-24-16-20(30-32(21)24)25(33)29-19-6-3-17(4-7-19)26(34)31-13-11-27-12-14-31/h3-10,15-16,27H,11-14H2,1-2H3,(H,29,33). The van der Waals surface area contributed by atoms with Crippen LogP contribution in [0.3, 0.4) is 0 Å². The SMILES string of the molecule is COc1ccc(-c2ccnc3cc(C(=O)Nc4ccc(C(=O)N5CCNCC5)cc4)nn23)cc1OC. The molecule has 36 heavy (non-hydrogen) atoms. The number of hydrogen-bond acceptors (Lipinski definition) is 7. The Kier molecular flexibility index (Phi) is 6.50. The van der Waals surface area contributed by atoms with Gasteiger partial charge in [-0.05, 0) is 48.5 Å². The molecule has 0 aliphatic carbocycles. The minimum atomic E-state index is -0.375. The maximum Gasteiger partial charge on any atom is 0.276 e. The van der Waals surface area contributed by atoms with Gasteiger partial charge in [0.25, 0.3) is 11.8 Å². The van der Waals surface area contributed by atoms with Gasteiger partial charge in [0.2, 0.25) is 0 Å². The van der Waals surface area contributed by atoms with Crippen molar-refractivity contribution in [3.8, 4) is 22.8 Å². The van der Waals surface area contributed by atoms with E-state index in [2.05, 4.69) is 20.7 Å². The summed E-state index contributed by atoms with van der Waals surface area (Å²) in [5.74, 6) is 0.820. The number of nitrogens with zero attached hydrogens (tertiary/aromatic N) is 4. The number of amides is 2. The molecule has 0 radical (unpaired) electrons. The molecule has 5 rings (SSSR count). The first-order valence-corrected chi connectivity index (χ1v) is 11.6. The van der Waals surface area contributed by atoms with Crippen molar-refractivity contribution in [1.82, 2.24) is 24.8 Å². The van der Waals surface area contributed by atoms with Crippen molar-refractivity contribution < 1.29 is 19.1 Å². The highest BCUT2D eigenvalue weighted by atomic mass is 16.5. The van der Waals surface area contributed by atoms with Crippen LogP contribution in [-0.4, -0.2) is 71.7 Å². The Hall–Kier alpha value is -4.44. The monoisotopic (exact) mass is 486 g/mol. The van der Waals surface area contributed by atoms with Gasteiger partial charge in [-0.1, -0.05) is 0 Å². The number of anilines is 1. The Morgan fingerprint density at radius 3 is 2.42 bits per heavy atom. The zero-order valence-corrected chi connectivity index (χ0v) is 20.0. The molecule has 1 aliphatic heterocycles. The van der Waals surface area contributed by atoms with Crippen molar-refractivity contribution in [3.05, 3.63) is 72.1 Å². The van der Waals surface area contributed by atoms with Crippen LogP contribution in [0.15, 0.2) is 60.8 Å². The second kappa shape index (κ2) is 10.0. The first-order valence-electron chi connectivity index (χ1n) is 11.6. The lowest BCUT2D eigenvalue weighted by molar-refractivity contribution is 0.0735. The Labute approximate surface area is 207 Å². The molecular weight excluding hydrogens is 460 g/mol. The molecular formula is C26H26N6O4. The molecule has 10 nitrogen and oxygen atoms in total. The van der Waals surface area contributed by atoms with Crippen molar-refractivity contribution in [3.63, 3.8) is 0 Å². The maximum absolute atomic E-state index is 12.9. The summed E-state index contributed by atoms with van der Waals surface area (Å²) in [5.41, 5.74) is 3.49. The molecule has 2 aromatic heterocycles. The summed E-state index contributed by atoms with van der Waals surface area (Å²) in [6, 6.07) is 15.9. The van der Waals surface area contributed by atoms with Gasteiger partial charge in [-0.2, -0.15) is 5.10 Å². The van der Waals surface area contributed by atoms with Crippen molar-refractivity contribution in [2.45, 2.75) is 0 Å². The molecule has 184 valence electrons. The van der Waals surface area contributed by atoms with E-state index in [4.69, 9.17) is 9.47 Å². The van der Waals surface area contributed by atoms with Gasteiger partial charge < -0.3 is 25.0 Å². The molecule has 10 heteroatoms. The highest BCUT2D eigenvalue weighted by molar-refractivity contribution is 6.04. The molecule has 0 spiro atoms.